The summed E-state index contributed by atoms with van der Waals surface area (Å²) >= 11 is 1.00. The van der Waals surface area contributed by atoms with E-state index in [1.54, 1.807) is 34.0 Å². The molecule has 0 aromatic heterocycles. The van der Waals surface area contributed by atoms with E-state index in [2.05, 4.69) is 0 Å². The van der Waals surface area contributed by atoms with Gasteiger partial charge in [0.25, 0.3) is 0 Å². The van der Waals surface area contributed by atoms with Crippen molar-refractivity contribution in [1.29, 1.82) is 0 Å². The third-order valence-corrected chi connectivity index (χ3v) is 8.22. The Kier molecular flexibility index (Phi) is 2.42. The van der Waals surface area contributed by atoms with Crippen molar-refractivity contribution in [2.24, 2.45) is 0 Å². The minimum atomic E-state index is -4.15. The Morgan fingerprint density at radius 3 is 1.47 bits per heavy atom. The summed E-state index contributed by atoms with van der Waals surface area (Å²) in [4.78, 5) is 23.5. The summed E-state index contributed by atoms with van der Waals surface area (Å²) in [5.74, 6) is -1.18. The molecule has 6 nitrogen and oxygen atoms in total. The van der Waals surface area contributed by atoms with Crippen LogP contribution in [0.15, 0.2) is 0 Å². The first-order valence-electron chi connectivity index (χ1n) is 5.05. The van der Waals surface area contributed by atoms with Crippen molar-refractivity contribution in [3.05, 3.63) is 0 Å². The van der Waals surface area contributed by atoms with Gasteiger partial charge in [0.1, 0.15) is 0 Å². The fourth-order valence-electron chi connectivity index (χ4n) is 1.57. The fraction of sp³-hybridized carbons (Fsp3) is 0.778. The van der Waals surface area contributed by atoms with Crippen LogP contribution in [0.25, 0.3) is 0 Å². The predicted molar refractivity (Wildman–Crippen MR) is 62.9 cm³/mol. The van der Waals surface area contributed by atoms with Gasteiger partial charge in [-0.1, -0.05) is 0 Å². The molecule has 2 rings (SSSR count). The van der Waals surface area contributed by atoms with Crippen molar-refractivity contribution in [2.75, 3.05) is 6.26 Å². The van der Waals surface area contributed by atoms with Gasteiger partial charge in [0.15, 0.2) is 0 Å². The summed E-state index contributed by atoms with van der Waals surface area (Å²) in [6.45, 7) is 2.05. The molecule has 2 heterocycles. The maximum atomic E-state index is 11.7. The zero-order chi connectivity index (χ0) is 13.1. The van der Waals surface area contributed by atoms with E-state index >= 15 is 0 Å². The number of carbonyl (C=O) groups excluding carboxylic acids is 2. The first-order valence-corrected chi connectivity index (χ1v) is 8.78. The van der Waals surface area contributed by atoms with Gasteiger partial charge in [-0.15, -0.1) is 0 Å². The Hall–Kier alpha value is -0.360. The topological polar surface area (TPSA) is 71.1 Å². The second-order valence-electron chi connectivity index (χ2n) is 4.89. The van der Waals surface area contributed by atoms with Crippen LogP contribution in [0.4, 0.5) is 0 Å². The van der Waals surface area contributed by atoms with Crippen LogP contribution in [0.1, 0.15) is 27.7 Å². The van der Waals surface area contributed by atoms with Crippen molar-refractivity contribution in [2.45, 2.75) is 38.9 Å². The van der Waals surface area contributed by atoms with E-state index in [9.17, 15) is 9.59 Å². The molecule has 0 N–H and O–H groups in total. The third kappa shape index (κ3) is 1.68. The van der Waals surface area contributed by atoms with Gasteiger partial charge in [0, 0.05) is 0 Å². The molecular weight excluding hydrogens is 267 g/mol. The van der Waals surface area contributed by atoms with E-state index in [0.717, 1.165) is 11.4 Å². The number of rotatable bonds is 1. The molecule has 0 atom stereocenters. The molecule has 0 bridgehead atoms. The summed E-state index contributed by atoms with van der Waals surface area (Å²) in [7, 11) is 0. The van der Waals surface area contributed by atoms with Crippen LogP contribution >= 0.6 is 18.1 Å². The summed E-state index contributed by atoms with van der Waals surface area (Å²) in [5, 5.41) is 0. The fourth-order valence-corrected chi connectivity index (χ4v) is 7.13. The van der Waals surface area contributed by atoms with Crippen molar-refractivity contribution in [3.8, 4) is 0 Å². The number of hydrogen-bond acceptors (Lipinski definition) is 7. The van der Waals surface area contributed by atoms with E-state index in [1.807, 2.05) is 0 Å². The SMILES string of the molecule is CSP12(OC(=O)C(C)(C)O1)OC(=O)C(C)(C)O2. The Morgan fingerprint density at radius 2 is 1.29 bits per heavy atom. The van der Waals surface area contributed by atoms with Gasteiger partial charge >= 0.3 is 103 Å². The standard InChI is InChI=1S/C9H15O6PS/c1-8(2)6(10)12-16(14-8,17-5)13-7(11)9(3,4)15-16/h1-5H3. The third-order valence-electron chi connectivity index (χ3n) is 2.50. The molecule has 17 heavy (non-hydrogen) atoms. The van der Waals surface area contributed by atoms with Crippen LogP contribution in [-0.4, -0.2) is 29.4 Å². The van der Waals surface area contributed by atoms with Crippen LogP contribution in [0.2, 0.25) is 0 Å². The molecule has 8 heteroatoms. The second-order valence-corrected chi connectivity index (χ2v) is 10.4. The molecule has 2 aliphatic heterocycles. The van der Waals surface area contributed by atoms with E-state index in [0.29, 0.717) is 0 Å². The average molecular weight is 282 g/mol. The summed E-state index contributed by atoms with van der Waals surface area (Å²) in [5.41, 5.74) is -2.36. The molecule has 1 spiro atoms. The summed E-state index contributed by atoms with van der Waals surface area (Å²) in [6.07, 6.45) is 1.63. The van der Waals surface area contributed by atoms with Gasteiger partial charge in [0.05, 0.1) is 0 Å². The molecule has 0 radical (unpaired) electrons. The Balaban J connectivity index is 2.48. The van der Waals surface area contributed by atoms with Crippen LogP contribution in [-0.2, 0) is 27.7 Å². The molecule has 0 aromatic carbocycles. The Bertz CT molecular complexity index is 382. The van der Waals surface area contributed by atoms with E-state index in [4.69, 9.17) is 18.1 Å². The van der Waals surface area contributed by atoms with Gasteiger partial charge in [-0.25, -0.2) is 0 Å². The van der Waals surface area contributed by atoms with Gasteiger partial charge in [0.2, 0.25) is 0 Å². The van der Waals surface area contributed by atoms with Crippen molar-refractivity contribution in [1.82, 2.24) is 0 Å². The Labute approximate surface area is 103 Å². The number of carbonyl (C=O) groups is 2. The molecule has 2 fully saturated rings. The zero-order valence-electron chi connectivity index (χ0n) is 10.3. The van der Waals surface area contributed by atoms with Gasteiger partial charge in [-0.05, 0) is 0 Å². The van der Waals surface area contributed by atoms with Crippen molar-refractivity contribution >= 4 is 30.0 Å². The van der Waals surface area contributed by atoms with Crippen LogP contribution < -0.4 is 0 Å². The minimum absolute atomic E-state index is 0.588. The van der Waals surface area contributed by atoms with Crippen molar-refractivity contribution < 1.29 is 27.7 Å². The molecule has 2 aliphatic rings. The second kappa shape index (κ2) is 3.15. The molecule has 0 amide bonds. The van der Waals surface area contributed by atoms with Gasteiger partial charge < -0.3 is 0 Å². The van der Waals surface area contributed by atoms with Crippen molar-refractivity contribution in [3.63, 3.8) is 0 Å². The Morgan fingerprint density at radius 1 is 0.941 bits per heavy atom. The summed E-state index contributed by atoms with van der Waals surface area (Å²) in [6, 6.07) is 0. The first kappa shape index (κ1) is 13.1. The first-order chi connectivity index (χ1) is 7.54. The van der Waals surface area contributed by atoms with Crippen LogP contribution in [0.5, 0.6) is 0 Å². The molecule has 0 saturated carbocycles. The normalized spacial score (nSPS) is 33.8. The quantitative estimate of drug-likeness (QED) is 0.682. The van der Waals surface area contributed by atoms with E-state index in [1.165, 1.54) is 0 Å². The molecule has 2 saturated heterocycles. The van der Waals surface area contributed by atoms with E-state index < -0.39 is 29.9 Å². The van der Waals surface area contributed by atoms with Crippen LogP contribution in [0, 0.1) is 0 Å². The predicted octanol–water partition coefficient (Wildman–Crippen LogP) is 2.18. The molecule has 98 valence electrons. The molecule has 0 unspecified atom stereocenters. The number of hydrogen-bond donors (Lipinski definition) is 0. The molecular formula is C9H15O6PS. The molecule has 0 aromatic rings. The maximum absolute atomic E-state index is 11.7. The van der Waals surface area contributed by atoms with Gasteiger partial charge in [-0.2, -0.15) is 0 Å². The monoisotopic (exact) mass is 282 g/mol. The van der Waals surface area contributed by atoms with E-state index in [-0.39, 0.29) is 0 Å². The van der Waals surface area contributed by atoms with Gasteiger partial charge in [-0.3, -0.25) is 0 Å². The summed E-state index contributed by atoms with van der Waals surface area (Å²) < 4.78 is 21.7. The average Bonchev–Trinajstić information content (AvgIpc) is 2.45. The molecule has 0 aliphatic carbocycles. The van der Waals surface area contributed by atoms with Crippen LogP contribution in [0.3, 0.4) is 0 Å². The zero-order valence-corrected chi connectivity index (χ0v) is 12.0.